The van der Waals surface area contributed by atoms with Gasteiger partial charge in [0.25, 0.3) is 0 Å². The van der Waals surface area contributed by atoms with Crippen molar-refractivity contribution in [3.8, 4) is 11.5 Å². The maximum atomic E-state index is 5.93. The van der Waals surface area contributed by atoms with E-state index >= 15 is 0 Å². The molecule has 0 amide bonds. The molecule has 4 aromatic carbocycles. The lowest BCUT2D eigenvalue weighted by Gasteiger charge is -2.06. The minimum Gasteiger partial charge on any atom is -0.457 e. The molecule has 0 aliphatic rings. The van der Waals surface area contributed by atoms with Gasteiger partial charge in [-0.2, -0.15) is 0 Å². The topological polar surface area (TPSA) is 34.0 Å². The largest absolute Gasteiger partial charge is 0.457 e. The summed E-state index contributed by atoms with van der Waals surface area (Å²) in [6.45, 7) is 0. The lowest BCUT2D eigenvalue weighted by molar-refractivity contribution is 0.483. The van der Waals surface area contributed by atoms with E-state index in [9.17, 15) is 0 Å². The Labute approximate surface area is 209 Å². The molecule has 3 nitrogen and oxygen atoms in total. The normalized spacial score (nSPS) is 11.3. The van der Waals surface area contributed by atoms with Gasteiger partial charge >= 0.3 is 0 Å². The van der Waals surface area contributed by atoms with Crippen LogP contribution < -0.4 is 4.74 Å². The van der Waals surface area contributed by atoms with Gasteiger partial charge in [0.2, 0.25) is 0 Å². The number of rotatable bonds is 6. The third kappa shape index (κ3) is 6.73. The van der Waals surface area contributed by atoms with Gasteiger partial charge in [0.15, 0.2) is 0 Å². The summed E-state index contributed by atoms with van der Waals surface area (Å²) in [5.74, 6) is 1.53. The summed E-state index contributed by atoms with van der Waals surface area (Å²) >= 11 is 4.59. The Morgan fingerprint density at radius 3 is 1.19 bits per heavy atom. The lowest BCUT2D eigenvalue weighted by Crippen LogP contribution is -1.84. The monoisotopic (exact) mass is 628 g/mol. The molecule has 0 atom stereocenters. The molecule has 0 N–H and O–H groups in total. The molecule has 5 heteroatoms. The Morgan fingerprint density at radius 2 is 0.839 bits per heavy atom. The summed E-state index contributed by atoms with van der Waals surface area (Å²) in [6.07, 6.45) is 3.73. The van der Waals surface area contributed by atoms with Crippen molar-refractivity contribution in [2.75, 3.05) is 0 Å². The third-order valence-corrected chi connectivity index (χ3v) is 5.81. The second kappa shape index (κ2) is 10.7. The molecule has 0 aliphatic heterocycles. The number of hydrogen-bond donors (Lipinski definition) is 0. The molecular weight excluding hydrogens is 610 g/mol. The van der Waals surface area contributed by atoms with Gasteiger partial charge in [-0.3, -0.25) is 9.98 Å². The number of halogens is 2. The van der Waals surface area contributed by atoms with Crippen molar-refractivity contribution in [1.29, 1.82) is 0 Å². The van der Waals surface area contributed by atoms with Crippen LogP contribution in [0.3, 0.4) is 0 Å². The number of nitrogens with zero attached hydrogens (tertiary/aromatic N) is 2. The fourth-order valence-corrected chi connectivity index (χ4v) is 3.45. The van der Waals surface area contributed by atoms with Crippen LogP contribution in [0, 0.1) is 7.14 Å². The van der Waals surface area contributed by atoms with Crippen LogP contribution in [0.1, 0.15) is 11.1 Å². The summed E-state index contributed by atoms with van der Waals surface area (Å²) in [6, 6.07) is 31.9. The van der Waals surface area contributed by atoms with Gasteiger partial charge in [-0.05, 0) is 129 Å². The number of hydrogen-bond acceptors (Lipinski definition) is 3. The second-order valence-corrected chi connectivity index (χ2v) is 9.20. The smallest absolute Gasteiger partial charge is 0.127 e. The molecular formula is C26H18I2N2O. The minimum atomic E-state index is 0.767. The third-order valence-electron chi connectivity index (χ3n) is 4.37. The van der Waals surface area contributed by atoms with Crippen molar-refractivity contribution in [3.05, 3.63) is 115 Å². The molecule has 152 valence electrons. The van der Waals surface area contributed by atoms with E-state index in [1.807, 2.05) is 61.0 Å². The zero-order chi connectivity index (χ0) is 21.5. The quantitative estimate of drug-likeness (QED) is 0.157. The molecule has 0 aliphatic carbocycles. The fraction of sp³-hybridized carbons (Fsp3) is 0. The van der Waals surface area contributed by atoms with Crippen LogP contribution in [0.4, 0.5) is 11.4 Å². The van der Waals surface area contributed by atoms with Gasteiger partial charge < -0.3 is 4.74 Å². The SMILES string of the molecule is Ic1ccc(C=Nc2ccc(Oc3ccc(N=Cc4ccc(I)cc4)cc3)cc2)cc1. The summed E-state index contributed by atoms with van der Waals surface area (Å²) in [7, 11) is 0. The first kappa shape index (κ1) is 21.7. The van der Waals surface area contributed by atoms with Crippen molar-refractivity contribution < 1.29 is 4.74 Å². The van der Waals surface area contributed by atoms with Crippen molar-refractivity contribution in [3.63, 3.8) is 0 Å². The molecule has 0 radical (unpaired) electrons. The summed E-state index contributed by atoms with van der Waals surface area (Å²) in [5.41, 5.74) is 3.91. The van der Waals surface area contributed by atoms with Crippen molar-refractivity contribution in [1.82, 2.24) is 0 Å². The number of benzene rings is 4. The van der Waals surface area contributed by atoms with Crippen LogP contribution in [0.5, 0.6) is 11.5 Å². The second-order valence-electron chi connectivity index (χ2n) is 6.71. The molecule has 0 unspecified atom stereocenters. The van der Waals surface area contributed by atoms with E-state index in [0.29, 0.717) is 0 Å². The van der Waals surface area contributed by atoms with Gasteiger partial charge in [0.1, 0.15) is 11.5 Å². The highest BCUT2D eigenvalue weighted by molar-refractivity contribution is 14.1. The van der Waals surface area contributed by atoms with Crippen LogP contribution in [0.25, 0.3) is 0 Å². The fourth-order valence-electron chi connectivity index (χ4n) is 2.73. The van der Waals surface area contributed by atoms with Crippen LogP contribution in [-0.4, -0.2) is 12.4 Å². The highest BCUT2D eigenvalue weighted by Gasteiger charge is 1.99. The Hall–Kier alpha value is -2.52. The molecule has 0 aromatic heterocycles. The predicted octanol–water partition coefficient (Wildman–Crippen LogP) is 8.19. The molecule has 4 rings (SSSR count). The molecule has 0 heterocycles. The first-order chi connectivity index (χ1) is 15.1. The molecule has 0 spiro atoms. The van der Waals surface area contributed by atoms with E-state index in [2.05, 4.69) is 104 Å². The van der Waals surface area contributed by atoms with Gasteiger partial charge in [-0.15, -0.1) is 0 Å². The molecule has 4 aromatic rings. The van der Waals surface area contributed by atoms with E-state index in [0.717, 1.165) is 34.0 Å². The summed E-state index contributed by atoms with van der Waals surface area (Å²) in [4.78, 5) is 9.03. The van der Waals surface area contributed by atoms with Crippen LogP contribution in [0.15, 0.2) is 107 Å². The lowest BCUT2D eigenvalue weighted by atomic mass is 10.2. The molecule has 0 saturated heterocycles. The maximum absolute atomic E-state index is 5.93. The molecule has 0 bridgehead atoms. The van der Waals surface area contributed by atoms with Crippen molar-refractivity contribution in [2.45, 2.75) is 0 Å². The standard InChI is InChI=1S/C26H18I2N2O/c27-21-5-1-19(2-6-21)17-29-23-9-13-25(14-10-23)31-26-15-11-24(12-16-26)30-18-20-3-7-22(28)8-4-20/h1-18H. The van der Waals surface area contributed by atoms with E-state index in [1.54, 1.807) is 0 Å². The van der Waals surface area contributed by atoms with Crippen molar-refractivity contribution in [2.24, 2.45) is 9.98 Å². The Balaban J connectivity index is 1.35. The molecule has 31 heavy (non-hydrogen) atoms. The Kier molecular flexibility index (Phi) is 7.48. The van der Waals surface area contributed by atoms with Crippen LogP contribution in [-0.2, 0) is 0 Å². The van der Waals surface area contributed by atoms with Crippen LogP contribution >= 0.6 is 45.2 Å². The van der Waals surface area contributed by atoms with E-state index in [4.69, 9.17) is 4.74 Å². The first-order valence-electron chi connectivity index (χ1n) is 9.61. The summed E-state index contributed by atoms with van der Waals surface area (Å²) in [5, 5.41) is 0. The Morgan fingerprint density at radius 1 is 0.484 bits per heavy atom. The van der Waals surface area contributed by atoms with Crippen molar-refractivity contribution >= 4 is 69.0 Å². The predicted molar refractivity (Wildman–Crippen MR) is 146 cm³/mol. The average Bonchev–Trinajstić information content (AvgIpc) is 2.80. The van der Waals surface area contributed by atoms with Gasteiger partial charge in [0.05, 0.1) is 11.4 Å². The first-order valence-corrected chi connectivity index (χ1v) is 11.8. The van der Waals surface area contributed by atoms with E-state index in [1.165, 1.54) is 7.14 Å². The number of ether oxygens (including phenoxy) is 1. The summed E-state index contributed by atoms with van der Waals surface area (Å²) < 4.78 is 8.36. The van der Waals surface area contributed by atoms with E-state index < -0.39 is 0 Å². The van der Waals surface area contributed by atoms with Gasteiger partial charge in [0, 0.05) is 19.6 Å². The highest BCUT2D eigenvalue weighted by Crippen LogP contribution is 2.26. The highest BCUT2D eigenvalue weighted by atomic mass is 127. The van der Waals surface area contributed by atoms with E-state index in [-0.39, 0.29) is 0 Å². The average molecular weight is 628 g/mol. The molecule has 0 saturated carbocycles. The van der Waals surface area contributed by atoms with Gasteiger partial charge in [-0.1, -0.05) is 24.3 Å². The Bertz CT molecular complexity index is 1090. The zero-order valence-corrected chi connectivity index (χ0v) is 20.8. The number of aliphatic imine (C=N–C) groups is 2. The minimum absolute atomic E-state index is 0.767. The molecule has 0 fully saturated rings. The maximum Gasteiger partial charge on any atom is 0.127 e. The van der Waals surface area contributed by atoms with Gasteiger partial charge in [-0.25, -0.2) is 0 Å². The van der Waals surface area contributed by atoms with Crippen LogP contribution in [0.2, 0.25) is 0 Å². The zero-order valence-electron chi connectivity index (χ0n) is 16.5.